The van der Waals surface area contributed by atoms with E-state index in [-0.39, 0.29) is 6.08 Å². The minimum absolute atomic E-state index is 0.0236. The Morgan fingerprint density at radius 1 is 0.806 bits per heavy atom. The Morgan fingerprint density at radius 3 is 1.84 bits per heavy atom. The Labute approximate surface area is 186 Å². The molecule has 0 atom stereocenters. The topological polar surface area (TPSA) is 66.5 Å². The first kappa shape index (κ1) is 25.0. The van der Waals surface area contributed by atoms with E-state index in [9.17, 15) is 4.79 Å². The largest absolute Gasteiger partial charge is 0.497 e. The van der Waals surface area contributed by atoms with E-state index < -0.39 is 5.76 Å². The van der Waals surface area contributed by atoms with Crippen molar-refractivity contribution >= 4 is 0 Å². The summed E-state index contributed by atoms with van der Waals surface area (Å²) in [6.07, 6.45) is 18.5. The van der Waals surface area contributed by atoms with E-state index in [1.807, 2.05) is 0 Å². The van der Waals surface area contributed by atoms with Gasteiger partial charge in [-0.15, -0.1) is 0 Å². The molecule has 0 aliphatic heterocycles. The molecule has 0 saturated heterocycles. The van der Waals surface area contributed by atoms with Crippen LogP contribution in [0.2, 0.25) is 0 Å². The zero-order valence-corrected chi connectivity index (χ0v) is 19.4. The maximum atomic E-state index is 12.0. The molecule has 31 heavy (non-hydrogen) atoms. The van der Waals surface area contributed by atoms with Crippen molar-refractivity contribution in [2.45, 2.75) is 96.8 Å². The zero-order valence-electron chi connectivity index (χ0n) is 19.4. The molecule has 0 aliphatic rings. The van der Waals surface area contributed by atoms with E-state index >= 15 is 0 Å². The number of methoxy groups -OCH3 is 1. The highest BCUT2D eigenvalue weighted by Crippen LogP contribution is 2.15. The summed E-state index contributed by atoms with van der Waals surface area (Å²) < 4.78 is 16.9. The summed E-state index contributed by atoms with van der Waals surface area (Å²) in [6, 6.07) is 7.04. The Bertz CT molecular complexity index is 752. The zero-order chi connectivity index (χ0) is 22.2. The Hall–Kier alpha value is -2.24. The lowest BCUT2D eigenvalue weighted by Crippen LogP contribution is -2.13. The van der Waals surface area contributed by atoms with Crippen LogP contribution in [0.5, 0.6) is 11.8 Å². The van der Waals surface area contributed by atoms with Crippen LogP contribution < -0.4 is 15.2 Å². The third-order valence-corrected chi connectivity index (χ3v) is 5.57. The fourth-order valence-corrected chi connectivity index (χ4v) is 3.66. The highest BCUT2D eigenvalue weighted by Gasteiger charge is 2.11. The molecule has 0 amide bonds. The first-order valence-corrected chi connectivity index (χ1v) is 12.1. The Balaban J connectivity index is 1.48. The lowest BCUT2D eigenvalue weighted by atomic mass is 10.0. The molecule has 0 bridgehead atoms. The standard InChI is InChI=1S/C25H40N2O4/c1-3-4-5-6-7-8-9-10-11-12-13-14-15-16-21-30-24-26-27(25(28)31-24)22-17-19-23(29-2)20-18-22/h17-20H,3-16,21H2,1-2H3. The summed E-state index contributed by atoms with van der Waals surface area (Å²) in [5.41, 5.74) is 0.612. The number of unbranched alkanes of at least 4 members (excludes halogenated alkanes) is 13. The van der Waals surface area contributed by atoms with Crippen LogP contribution in [0.1, 0.15) is 96.8 Å². The molecule has 0 saturated carbocycles. The quantitative estimate of drug-likeness (QED) is 0.245. The van der Waals surface area contributed by atoms with Crippen LogP contribution in [0, 0.1) is 0 Å². The first-order chi connectivity index (χ1) is 15.2. The van der Waals surface area contributed by atoms with E-state index in [1.165, 1.54) is 81.7 Å². The second-order valence-electron chi connectivity index (χ2n) is 8.19. The van der Waals surface area contributed by atoms with Gasteiger partial charge in [0.15, 0.2) is 0 Å². The van der Waals surface area contributed by atoms with Gasteiger partial charge < -0.3 is 13.9 Å². The van der Waals surface area contributed by atoms with Crippen LogP contribution in [-0.2, 0) is 0 Å². The van der Waals surface area contributed by atoms with Gasteiger partial charge in [-0.1, -0.05) is 95.5 Å². The van der Waals surface area contributed by atoms with Crippen LogP contribution in [0.15, 0.2) is 33.5 Å². The number of rotatable bonds is 18. The maximum absolute atomic E-state index is 12.0. The van der Waals surface area contributed by atoms with E-state index in [0.717, 1.165) is 18.6 Å². The number of aromatic nitrogens is 2. The van der Waals surface area contributed by atoms with Gasteiger partial charge in [0.05, 0.1) is 19.4 Å². The summed E-state index contributed by atoms with van der Waals surface area (Å²) in [4.78, 5) is 12.0. The van der Waals surface area contributed by atoms with Crippen molar-refractivity contribution in [2.75, 3.05) is 13.7 Å². The lowest BCUT2D eigenvalue weighted by molar-refractivity contribution is 0.219. The predicted molar refractivity (Wildman–Crippen MR) is 124 cm³/mol. The number of hydrogen-bond donors (Lipinski definition) is 0. The van der Waals surface area contributed by atoms with Gasteiger partial charge in [-0.2, -0.15) is 4.68 Å². The minimum atomic E-state index is -0.555. The molecule has 1 aromatic carbocycles. The van der Waals surface area contributed by atoms with Crippen molar-refractivity contribution in [1.82, 2.24) is 9.78 Å². The molecule has 2 aromatic rings. The van der Waals surface area contributed by atoms with E-state index in [2.05, 4.69) is 12.0 Å². The molecule has 0 spiro atoms. The average molecular weight is 433 g/mol. The fraction of sp³-hybridized carbons (Fsp3) is 0.680. The van der Waals surface area contributed by atoms with Gasteiger partial charge in [0.2, 0.25) is 0 Å². The highest BCUT2D eigenvalue weighted by atomic mass is 16.6. The van der Waals surface area contributed by atoms with Crippen molar-refractivity contribution < 1.29 is 13.9 Å². The summed E-state index contributed by atoms with van der Waals surface area (Å²) in [6.45, 7) is 2.78. The SMILES string of the molecule is CCCCCCCCCCCCCCCCOc1nn(-c2ccc(OC)cc2)c(=O)o1. The van der Waals surface area contributed by atoms with Gasteiger partial charge in [-0.05, 0) is 30.7 Å². The van der Waals surface area contributed by atoms with Gasteiger partial charge in [-0.25, -0.2) is 4.79 Å². The van der Waals surface area contributed by atoms with E-state index in [1.54, 1.807) is 31.4 Å². The maximum Gasteiger partial charge on any atom is 0.444 e. The summed E-state index contributed by atoms with van der Waals surface area (Å²) >= 11 is 0. The molecule has 1 aromatic heterocycles. The Morgan fingerprint density at radius 2 is 1.32 bits per heavy atom. The normalized spacial score (nSPS) is 11.0. The molecule has 0 N–H and O–H groups in total. The van der Waals surface area contributed by atoms with Crippen molar-refractivity contribution in [2.24, 2.45) is 0 Å². The summed E-state index contributed by atoms with van der Waals surface area (Å²) in [5.74, 6) is 0.163. The molecule has 0 aliphatic carbocycles. The Kier molecular flexibility index (Phi) is 12.5. The van der Waals surface area contributed by atoms with Crippen molar-refractivity contribution in [3.05, 3.63) is 34.8 Å². The second kappa shape index (κ2) is 15.5. The third kappa shape index (κ3) is 10.1. The lowest BCUT2D eigenvalue weighted by Gasteiger charge is -2.03. The number of nitrogens with zero attached hydrogens (tertiary/aromatic N) is 2. The fourth-order valence-electron chi connectivity index (χ4n) is 3.66. The molecule has 6 heteroatoms. The van der Waals surface area contributed by atoms with Crippen molar-refractivity contribution in [3.8, 4) is 17.5 Å². The molecule has 0 radical (unpaired) electrons. The number of benzene rings is 1. The molecule has 6 nitrogen and oxygen atoms in total. The van der Waals surface area contributed by atoms with Crippen molar-refractivity contribution in [1.29, 1.82) is 0 Å². The molecule has 0 unspecified atom stereocenters. The van der Waals surface area contributed by atoms with Crippen LogP contribution in [-0.4, -0.2) is 23.5 Å². The second-order valence-corrected chi connectivity index (χ2v) is 8.19. The van der Waals surface area contributed by atoms with Gasteiger partial charge in [0, 0.05) is 0 Å². The molecule has 174 valence electrons. The van der Waals surface area contributed by atoms with E-state index in [4.69, 9.17) is 13.9 Å². The predicted octanol–water partition coefficient (Wildman–Crippen LogP) is 6.69. The van der Waals surface area contributed by atoms with Crippen LogP contribution >= 0.6 is 0 Å². The van der Waals surface area contributed by atoms with Gasteiger partial charge in [0.1, 0.15) is 5.75 Å². The number of ether oxygens (including phenoxy) is 2. The smallest absolute Gasteiger partial charge is 0.444 e. The summed E-state index contributed by atoms with van der Waals surface area (Å²) in [7, 11) is 1.60. The third-order valence-electron chi connectivity index (χ3n) is 5.57. The van der Waals surface area contributed by atoms with Crippen LogP contribution in [0.4, 0.5) is 0 Å². The summed E-state index contributed by atoms with van der Waals surface area (Å²) in [5, 5.41) is 4.11. The first-order valence-electron chi connectivity index (χ1n) is 12.1. The van der Waals surface area contributed by atoms with E-state index in [0.29, 0.717) is 12.3 Å². The number of hydrogen-bond acceptors (Lipinski definition) is 5. The molecule has 2 rings (SSSR count). The molecule has 1 heterocycles. The van der Waals surface area contributed by atoms with Gasteiger partial charge >= 0.3 is 11.8 Å². The van der Waals surface area contributed by atoms with Gasteiger partial charge in [-0.3, -0.25) is 0 Å². The molecule has 0 fully saturated rings. The van der Waals surface area contributed by atoms with Crippen LogP contribution in [0.3, 0.4) is 0 Å². The average Bonchev–Trinajstić information content (AvgIpc) is 3.16. The molecular formula is C25H40N2O4. The molecular weight excluding hydrogens is 392 g/mol. The van der Waals surface area contributed by atoms with Gasteiger partial charge in [0.25, 0.3) is 0 Å². The van der Waals surface area contributed by atoms with Crippen LogP contribution in [0.25, 0.3) is 5.69 Å². The van der Waals surface area contributed by atoms with Crippen molar-refractivity contribution in [3.63, 3.8) is 0 Å². The highest BCUT2D eigenvalue weighted by molar-refractivity contribution is 5.36. The monoisotopic (exact) mass is 432 g/mol. The minimum Gasteiger partial charge on any atom is -0.497 e.